The Morgan fingerprint density at radius 2 is 0.591 bits per heavy atom. The maximum absolute atomic E-state index is 12.8. The van der Waals surface area contributed by atoms with Gasteiger partial charge in [0.2, 0.25) is 0 Å². The van der Waals surface area contributed by atoms with Gasteiger partial charge in [-0.2, -0.15) is 0 Å². The van der Waals surface area contributed by atoms with Crippen molar-refractivity contribution in [1.82, 2.24) is 0 Å². The lowest BCUT2D eigenvalue weighted by molar-refractivity contribution is -0.161. The molecule has 0 bridgehead atoms. The van der Waals surface area contributed by atoms with Gasteiger partial charge < -0.3 is 20.1 Å². The van der Waals surface area contributed by atoms with Crippen molar-refractivity contribution in [3.8, 4) is 0 Å². The highest BCUT2D eigenvalue weighted by Crippen LogP contribution is 2.43. The molecule has 93 heavy (non-hydrogen) atoms. The summed E-state index contributed by atoms with van der Waals surface area (Å²) in [7, 11) is -4.40. The van der Waals surface area contributed by atoms with Crippen molar-refractivity contribution in [2.45, 2.75) is 392 Å². The molecule has 3 N–H and O–H groups in total. The van der Waals surface area contributed by atoms with Gasteiger partial charge in [-0.3, -0.25) is 18.6 Å². The number of nitrogens with two attached hydrogens (primary N) is 1. The van der Waals surface area contributed by atoms with Crippen LogP contribution < -0.4 is 5.73 Å². The van der Waals surface area contributed by atoms with E-state index in [0.29, 0.717) is 6.42 Å². The van der Waals surface area contributed by atoms with Crippen molar-refractivity contribution in [3.05, 3.63) is 97.2 Å². The largest absolute Gasteiger partial charge is 0.472 e. The molecule has 0 spiro atoms. The normalized spacial score (nSPS) is 13.4. The lowest BCUT2D eigenvalue weighted by atomic mass is 10.0. The highest BCUT2D eigenvalue weighted by Gasteiger charge is 2.26. The first-order valence-electron chi connectivity index (χ1n) is 39.7. The predicted octanol–water partition coefficient (Wildman–Crippen LogP) is 26.6. The summed E-state index contributed by atoms with van der Waals surface area (Å²) in [5, 5.41) is 0. The molecule has 0 radical (unpaired) electrons. The number of unbranched alkanes of at least 4 members (excludes halogenated alkanes) is 46. The SMILES string of the molecule is CC/C=C\C/C=C\C/C=C\C/C=C\C/C=C\C/C=C\C/C=C\CCCCCCCCCCCCCCCCCCCCCC(=O)OC(COC(=O)CCCCCCCCCCCCCCCCCCCCC/C=C\CCCCCCCCCC)COP(=O)(O)OCCN. The number of esters is 2. The van der Waals surface area contributed by atoms with Gasteiger partial charge in [0.05, 0.1) is 13.2 Å². The predicted molar refractivity (Wildman–Crippen MR) is 404 cm³/mol. The van der Waals surface area contributed by atoms with Crippen molar-refractivity contribution < 1.29 is 37.6 Å². The van der Waals surface area contributed by atoms with Crippen molar-refractivity contribution in [2.75, 3.05) is 26.4 Å². The standard InChI is InChI=1S/C83H150NO8P/c1-3-5-7-9-11-13-15-17-19-21-23-25-27-29-31-33-35-36-37-38-39-40-41-42-43-44-46-48-50-52-54-56-58-60-62-64-66-68-70-72-74-76-83(86)92-81(80-91-93(87,88)90-78-77-84)79-89-82(85)75-73-71-69-67-65-63-61-59-57-55-53-51-49-47-45-34-32-30-28-26-24-22-20-18-16-14-12-10-8-6-4-2/h5,7,11,13,17,19,22-25,29,31,35-36,38-39,81H,3-4,6,8-10,12,14-16,18,20-21,26-28,30,32-34,37,40-80,84H2,1-2H3,(H,87,88)/b7-5-,13-11-,19-17-,24-22-,25-23-,31-29-,36-35-,39-38-. The number of phosphoric ester groups is 1. The molecular weight excluding hydrogens is 1170 g/mol. The van der Waals surface area contributed by atoms with E-state index in [0.717, 1.165) is 83.5 Å². The summed E-state index contributed by atoms with van der Waals surface area (Å²) in [5.74, 6) is -0.809. The lowest BCUT2D eigenvalue weighted by Crippen LogP contribution is -2.29. The smallest absolute Gasteiger partial charge is 0.462 e. The Kier molecular flexibility index (Phi) is 75.4. The number of hydrogen-bond acceptors (Lipinski definition) is 8. The van der Waals surface area contributed by atoms with Crippen LogP contribution in [0.1, 0.15) is 386 Å². The summed E-state index contributed by atoms with van der Waals surface area (Å²) in [6.45, 7) is 3.69. The first kappa shape index (κ1) is 89.9. The summed E-state index contributed by atoms with van der Waals surface area (Å²) in [6, 6.07) is 0. The summed E-state index contributed by atoms with van der Waals surface area (Å²) < 4.78 is 33.3. The van der Waals surface area contributed by atoms with Crippen molar-refractivity contribution in [3.63, 3.8) is 0 Å². The molecule has 0 aromatic heterocycles. The van der Waals surface area contributed by atoms with Gasteiger partial charge in [-0.05, 0) is 96.3 Å². The minimum atomic E-state index is -4.40. The van der Waals surface area contributed by atoms with Gasteiger partial charge >= 0.3 is 19.8 Å². The van der Waals surface area contributed by atoms with E-state index in [9.17, 15) is 19.0 Å². The van der Waals surface area contributed by atoms with Crippen molar-refractivity contribution in [1.29, 1.82) is 0 Å². The summed E-state index contributed by atoms with van der Waals surface area (Å²) in [4.78, 5) is 35.5. The number of ether oxygens (including phenoxy) is 2. The van der Waals surface area contributed by atoms with Gasteiger partial charge in [-0.1, -0.05) is 374 Å². The Hall–Kier alpha value is -3.07. The van der Waals surface area contributed by atoms with Crippen LogP contribution in [0.5, 0.6) is 0 Å². The van der Waals surface area contributed by atoms with Crippen LogP contribution in [0.25, 0.3) is 0 Å². The number of hydrogen-bond donors (Lipinski definition) is 2. The van der Waals surface area contributed by atoms with E-state index >= 15 is 0 Å². The molecule has 0 aliphatic heterocycles. The van der Waals surface area contributed by atoms with E-state index in [1.54, 1.807) is 0 Å². The monoisotopic (exact) mass is 1320 g/mol. The molecule has 0 aliphatic carbocycles. The van der Waals surface area contributed by atoms with Gasteiger partial charge in [0.15, 0.2) is 6.10 Å². The van der Waals surface area contributed by atoms with Crippen LogP contribution in [-0.4, -0.2) is 49.3 Å². The summed E-state index contributed by atoms with van der Waals surface area (Å²) >= 11 is 0. The third-order valence-corrected chi connectivity index (χ3v) is 18.4. The number of carbonyl (C=O) groups is 2. The second-order valence-corrected chi connectivity index (χ2v) is 28.0. The van der Waals surface area contributed by atoms with Gasteiger partial charge in [0.1, 0.15) is 6.61 Å². The molecule has 2 atom stereocenters. The third kappa shape index (κ3) is 77.8. The molecule has 540 valence electrons. The van der Waals surface area contributed by atoms with Crippen molar-refractivity contribution >= 4 is 19.8 Å². The van der Waals surface area contributed by atoms with Gasteiger partial charge in [-0.25, -0.2) is 4.57 Å². The zero-order chi connectivity index (χ0) is 67.2. The van der Waals surface area contributed by atoms with Crippen LogP contribution in [0.3, 0.4) is 0 Å². The minimum absolute atomic E-state index is 0.0535. The molecule has 0 fully saturated rings. The average molecular weight is 1320 g/mol. The van der Waals surface area contributed by atoms with E-state index in [4.69, 9.17) is 24.3 Å². The second kappa shape index (κ2) is 77.9. The Morgan fingerprint density at radius 1 is 0.333 bits per heavy atom. The van der Waals surface area contributed by atoms with Crippen LogP contribution in [0.2, 0.25) is 0 Å². The van der Waals surface area contributed by atoms with E-state index in [-0.39, 0.29) is 38.6 Å². The molecule has 9 nitrogen and oxygen atoms in total. The zero-order valence-corrected chi connectivity index (χ0v) is 61.9. The maximum atomic E-state index is 12.8. The fourth-order valence-corrected chi connectivity index (χ4v) is 12.4. The van der Waals surface area contributed by atoms with Crippen LogP contribution in [-0.2, 0) is 32.7 Å². The molecule has 0 amide bonds. The third-order valence-electron chi connectivity index (χ3n) is 17.5. The average Bonchev–Trinajstić information content (AvgIpc) is 3.49. The van der Waals surface area contributed by atoms with Crippen LogP contribution in [0.15, 0.2) is 97.2 Å². The zero-order valence-electron chi connectivity index (χ0n) is 61.0. The quantitative estimate of drug-likeness (QED) is 0.0264. The Labute approximate surface area is 576 Å². The highest BCUT2D eigenvalue weighted by molar-refractivity contribution is 7.47. The van der Waals surface area contributed by atoms with E-state index in [1.165, 1.54) is 270 Å². The molecular formula is C83H150NO8P. The van der Waals surface area contributed by atoms with Gasteiger partial charge in [0, 0.05) is 19.4 Å². The first-order valence-corrected chi connectivity index (χ1v) is 41.2. The van der Waals surface area contributed by atoms with Crippen LogP contribution in [0.4, 0.5) is 0 Å². The molecule has 10 heteroatoms. The Bertz CT molecular complexity index is 1850. The number of phosphoric acid groups is 1. The fraction of sp³-hybridized carbons (Fsp3) is 0.783. The van der Waals surface area contributed by atoms with E-state index < -0.39 is 26.5 Å². The molecule has 0 aromatic carbocycles. The molecule has 0 saturated heterocycles. The Morgan fingerprint density at radius 3 is 0.892 bits per heavy atom. The topological polar surface area (TPSA) is 134 Å². The van der Waals surface area contributed by atoms with E-state index in [2.05, 4.69) is 111 Å². The molecule has 0 aliphatic rings. The minimum Gasteiger partial charge on any atom is -0.462 e. The molecule has 0 rings (SSSR count). The number of carbonyl (C=O) groups excluding carboxylic acids is 2. The van der Waals surface area contributed by atoms with E-state index in [1.807, 2.05) is 0 Å². The van der Waals surface area contributed by atoms with Gasteiger partial charge in [-0.15, -0.1) is 0 Å². The summed E-state index contributed by atoms with van der Waals surface area (Å²) in [5.41, 5.74) is 5.42. The molecule has 0 saturated carbocycles. The highest BCUT2D eigenvalue weighted by atomic mass is 31.2. The second-order valence-electron chi connectivity index (χ2n) is 26.6. The van der Waals surface area contributed by atoms with Crippen LogP contribution in [0, 0.1) is 0 Å². The van der Waals surface area contributed by atoms with Gasteiger partial charge in [0.25, 0.3) is 0 Å². The number of rotatable bonds is 75. The fourth-order valence-electron chi connectivity index (χ4n) is 11.6. The molecule has 0 heterocycles. The Balaban J connectivity index is 3.79. The molecule has 2 unspecified atom stereocenters. The lowest BCUT2D eigenvalue weighted by Gasteiger charge is -2.19. The van der Waals surface area contributed by atoms with Crippen LogP contribution >= 0.6 is 7.82 Å². The first-order chi connectivity index (χ1) is 45.8. The number of allylic oxidation sites excluding steroid dienone is 16. The summed E-state index contributed by atoms with van der Waals surface area (Å²) in [6.07, 6.45) is 107. The van der Waals surface area contributed by atoms with Crippen molar-refractivity contribution in [2.24, 2.45) is 5.73 Å². The molecule has 0 aromatic rings. The maximum Gasteiger partial charge on any atom is 0.472 e.